The van der Waals surface area contributed by atoms with E-state index in [-0.39, 0.29) is 0 Å². The Hall–Kier alpha value is -1.65. The van der Waals surface area contributed by atoms with E-state index in [1.54, 1.807) is 0 Å². The van der Waals surface area contributed by atoms with E-state index in [2.05, 4.69) is 71.0 Å². The third kappa shape index (κ3) is 3.39. The lowest BCUT2D eigenvalue weighted by atomic mass is 10.0. The molecule has 3 rings (SSSR count). The minimum absolute atomic E-state index is 0.536. The topological polar surface area (TPSA) is 24.3 Å². The number of benzene rings is 1. The van der Waals surface area contributed by atoms with Crippen LogP contribution in [0.15, 0.2) is 36.7 Å². The normalized spacial score (nSPS) is 19.7. The molecule has 0 radical (unpaired) electrons. The van der Waals surface area contributed by atoms with Crippen LogP contribution in [-0.2, 0) is 6.54 Å². The van der Waals surface area contributed by atoms with Crippen LogP contribution in [-0.4, -0.2) is 53.6 Å². The van der Waals surface area contributed by atoms with Crippen molar-refractivity contribution in [2.24, 2.45) is 0 Å². The Morgan fingerprint density at radius 3 is 2.95 bits per heavy atom. The van der Waals surface area contributed by atoms with Gasteiger partial charge in [-0.25, -0.2) is 4.98 Å². The minimum atomic E-state index is 0.536. The molecule has 2 aromatic rings. The van der Waals surface area contributed by atoms with Crippen LogP contribution in [0.2, 0.25) is 0 Å². The Balaban J connectivity index is 1.88. The molecule has 2 heterocycles. The average Bonchev–Trinajstić information content (AvgIpc) is 2.96. The van der Waals surface area contributed by atoms with E-state index in [0.29, 0.717) is 6.04 Å². The van der Waals surface area contributed by atoms with Crippen molar-refractivity contribution >= 4 is 0 Å². The van der Waals surface area contributed by atoms with Gasteiger partial charge in [0.2, 0.25) is 0 Å². The lowest BCUT2D eigenvalue weighted by Crippen LogP contribution is -2.33. The summed E-state index contributed by atoms with van der Waals surface area (Å²) in [6, 6.07) is 9.30. The number of aromatic nitrogens is 2. The highest BCUT2D eigenvalue weighted by Gasteiger charge is 2.21. The van der Waals surface area contributed by atoms with Crippen molar-refractivity contribution in [3.05, 3.63) is 42.2 Å². The molecule has 1 aliphatic heterocycles. The summed E-state index contributed by atoms with van der Waals surface area (Å²) in [5.41, 5.74) is 2.55. The first kappa shape index (κ1) is 15.3. The van der Waals surface area contributed by atoms with Crippen LogP contribution in [0.5, 0.6) is 0 Å². The van der Waals surface area contributed by atoms with Gasteiger partial charge < -0.3 is 14.4 Å². The smallest absolute Gasteiger partial charge is 0.140 e. The molecule has 1 unspecified atom stereocenters. The van der Waals surface area contributed by atoms with Gasteiger partial charge in [0.1, 0.15) is 5.82 Å². The number of nitrogens with zero attached hydrogens (tertiary/aromatic N) is 4. The van der Waals surface area contributed by atoms with Crippen molar-refractivity contribution in [2.75, 3.05) is 34.2 Å². The molecule has 0 amide bonds. The second-order valence-electron chi connectivity index (χ2n) is 6.65. The fraction of sp³-hybridized carbons (Fsp3) is 0.500. The van der Waals surface area contributed by atoms with E-state index < -0.39 is 0 Å². The molecule has 1 aliphatic rings. The molecule has 0 bridgehead atoms. The molecule has 4 nitrogen and oxygen atoms in total. The van der Waals surface area contributed by atoms with E-state index in [0.717, 1.165) is 18.9 Å². The fourth-order valence-corrected chi connectivity index (χ4v) is 3.37. The van der Waals surface area contributed by atoms with Crippen LogP contribution in [0.25, 0.3) is 11.4 Å². The summed E-state index contributed by atoms with van der Waals surface area (Å²) >= 11 is 0. The Bertz CT molecular complexity index is 617. The Labute approximate surface area is 133 Å². The van der Waals surface area contributed by atoms with E-state index in [9.17, 15) is 0 Å². The number of piperidine rings is 1. The van der Waals surface area contributed by atoms with Crippen LogP contribution < -0.4 is 0 Å². The van der Waals surface area contributed by atoms with E-state index >= 15 is 0 Å². The molecule has 0 saturated carbocycles. The van der Waals surface area contributed by atoms with Crippen molar-refractivity contribution in [3.63, 3.8) is 0 Å². The molecule has 22 heavy (non-hydrogen) atoms. The average molecular weight is 298 g/mol. The molecule has 0 aliphatic carbocycles. The van der Waals surface area contributed by atoms with Gasteiger partial charge in [-0.1, -0.05) is 18.2 Å². The maximum Gasteiger partial charge on any atom is 0.140 e. The van der Waals surface area contributed by atoms with Gasteiger partial charge in [0.05, 0.1) is 0 Å². The second kappa shape index (κ2) is 6.63. The number of imidazole rings is 1. The Morgan fingerprint density at radius 2 is 2.18 bits per heavy atom. The first-order chi connectivity index (χ1) is 10.6. The highest BCUT2D eigenvalue weighted by Crippen LogP contribution is 2.27. The molecule has 0 spiro atoms. The van der Waals surface area contributed by atoms with Crippen molar-refractivity contribution in [3.8, 4) is 11.4 Å². The van der Waals surface area contributed by atoms with Gasteiger partial charge in [-0.05, 0) is 52.2 Å². The van der Waals surface area contributed by atoms with Crippen LogP contribution in [0, 0.1) is 0 Å². The van der Waals surface area contributed by atoms with Crippen molar-refractivity contribution < 1.29 is 0 Å². The SMILES string of the molecule is CN(C)Cc1cccc(-c2nccn2C2CCCN(C)C2)c1. The number of hydrogen-bond acceptors (Lipinski definition) is 3. The summed E-state index contributed by atoms with van der Waals surface area (Å²) in [5, 5.41) is 0. The van der Waals surface area contributed by atoms with Crippen molar-refractivity contribution in [1.82, 2.24) is 19.4 Å². The number of likely N-dealkylation sites (tertiary alicyclic amines) is 1. The van der Waals surface area contributed by atoms with Crippen molar-refractivity contribution in [1.29, 1.82) is 0 Å². The lowest BCUT2D eigenvalue weighted by Gasteiger charge is -2.31. The summed E-state index contributed by atoms with van der Waals surface area (Å²) < 4.78 is 2.37. The molecule has 118 valence electrons. The van der Waals surface area contributed by atoms with Crippen molar-refractivity contribution in [2.45, 2.75) is 25.4 Å². The van der Waals surface area contributed by atoms with Gasteiger partial charge in [0, 0.05) is 37.1 Å². The quantitative estimate of drug-likeness (QED) is 0.867. The molecule has 1 fully saturated rings. The van der Waals surface area contributed by atoms with Gasteiger partial charge in [-0.3, -0.25) is 0 Å². The predicted octanol–water partition coefficient (Wildman–Crippen LogP) is 2.88. The molecule has 1 atom stereocenters. The molecular formula is C18H26N4. The summed E-state index contributed by atoms with van der Waals surface area (Å²) in [7, 11) is 6.41. The summed E-state index contributed by atoms with van der Waals surface area (Å²) in [6.45, 7) is 3.28. The number of likely N-dealkylation sites (N-methyl/N-ethyl adjacent to an activating group) is 1. The third-order valence-electron chi connectivity index (χ3n) is 4.35. The molecule has 1 aromatic carbocycles. The molecular weight excluding hydrogens is 272 g/mol. The largest absolute Gasteiger partial charge is 0.327 e. The first-order valence-corrected chi connectivity index (χ1v) is 8.09. The predicted molar refractivity (Wildman–Crippen MR) is 90.8 cm³/mol. The third-order valence-corrected chi connectivity index (χ3v) is 4.35. The van der Waals surface area contributed by atoms with E-state index in [1.165, 1.54) is 30.5 Å². The monoisotopic (exact) mass is 298 g/mol. The molecule has 4 heteroatoms. The van der Waals surface area contributed by atoms with Crippen LogP contribution in [0.1, 0.15) is 24.4 Å². The number of rotatable bonds is 4. The van der Waals surface area contributed by atoms with Crippen LogP contribution >= 0.6 is 0 Å². The van der Waals surface area contributed by atoms with Gasteiger partial charge in [0.15, 0.2) is 0 Å². The van der Waals surface area contributed by atoms with E-state index in [1.807, 2.05) is 6.20 Å². The van der Waals surface area contributed by atoms with Gasteiger partial charge in [-0.2, -0.15) is 0 Å². The zero-order valence-corrected chi connectivity index (χ0v) is 13.9. The number of hydrogen-bond donors (Lipinski definition) is 0. The first-order valence-electron chi connectivity index (χ1n) is 8.09. The highest BCUT2D eigenvalue weighted by atomic mass is 15.2. The summed E-state index contributed by atoms with van der Waals surface area (Å²) in [5.74, 6) is 1.10. The second-order valence-corrected chi connectivity index (χ2v) is 6.65. The maximum absolute atomic E-state index is 4.64. The Kier molecular flexibility index (Phi) is 4.60. The minimum Gasteiger partial charge on any atom is -0.327 e. The molecule has 0 N–H and O–H groups in total. The highest BCUT2D eigenvalue weighted by molar-refractivity contribution is 5.57. The fourth-order valence-electron chi connectivity index (χ4n) is 3.37. The maximum atomic E-state index is 4.64. The molecule has 1 saturated heterocycles. The van der Waals surface area contributed by atoms with Crippen LogP contribution in [0.3, 0.4) is 0 Å². The zero-order valence-electron chi connectivity index (χ0n) is 13.9. The zero-order chi connectivity index (χ0) is 15.5. The van der Waals surface area contributed by atoms with Crippen LogP contribution in [0.4, 0.5) is 0 Å². The lowest BCUT2D eigenvalue weighted by molar-refractivity contribution is 0.213. The molecule has 1 aromatic heterocycles. The standard InChI is InChI=1S/C18H26N4/c1-20(2)13-15-6-4-7-16(12-15)18-19-9-11-22(18)17-8-5-10-21(3)14-17/h4,6-7,9,11-12,17H,5,8,10,13-14H2,1-3H3. The van der Waals surface area contributed by atoms with E-state index in [4.69, 9.17) is 0 Å². The van der Waals surface area contributed by atoms with Gasteiger partial charge in [0.25, 0.3) is 0 Å². The summed E-state index contributed by atoms with van der Waals surface area (Å²) in [4.78, 5) is 9.25. The van der Waals surface area contributed by atoms with Gasteiger partial charge in [-0.15, -0.1) is 0 Å². The summed E-state index contributed by atoms with van der Waals surface area (Å²) in [6.07, 6.45) is 6.57. The Morgan fingerprint density at radius 1 is 1.32 bits per heavy atom. The van der Waals surface area contributed by atoms with Gasteiger partial charge >= 0.3 is 0 Å².